The molecule has 1 amide bonds. The maximum Gasteiger partial charge on any atom is 0.332 e. The predicted molar refractivity (Wildman–Crippen MR) is 100.0 cm³/mol. The van der Waals surface area contributed by atoms with Gasteiger partial charge in [0.2, 0.25) is 5.91 Å². The van der Waals surface area contributed by atoms with Crippen molar-refractivity contribution in [3.63, 3.8) is 0 Å². The molecule has 26 heavy (non-hydrogen) atoms. The van der Waals surface area contributed by atoms with Gasteiger partial charge in [-0.15, -0.1) is 11.8 Å². The van der Waals surface area contributed by atoms with Gasteiger partial charge in [0.1, 0.15) is 18.1 Å². The van der Waals surface area contributed by atoms with E-state index in [2.05, 4.69) is 15.5 Å². The number of hydrogen-bond acceptors (Lipinski definition) is 7. The van der Waals surface area contributed by atoms with Gasteiger partial charge in [-0.05, 0) is 13.3 Å². The summed E-state index contributed by atoms with van der Waals surface area (Å²) in [7, 11) is 1.44. The number of rotatable bonds is 7. The van der Waals surface area contributed by atoms with Crippen LogP contribution < -0.4 is 28.0 Å². The van der Waals surface area contributed by atoms with Crippen molar-refractivity contribution < 1.29 is 4.79 Å². The SMILES string of the molecule is C[C@@H](CC1S[C@@H]1c1cn[nH]c1)Nc1c(N)n(C)c(=O)n(CC(N)=O)c1=O. The predicted octanol–water partition coefficient (Wildman–Crippen LogP) is -0.615. The van der Waals surface area contributed by atoms with Crippen LogP contribution in [0.3, 0.4) is 0 Å². The topological polar surface area (TPSA) is 154 Å². The number of nitrogens with zero attached hydrogens (tertiary/aromatic N) is 3. The Bertz CT molecular complexity index is 934. The van der Waals surface area contributed by atoms with Crippen molar-refractivity contribution in [2.24, 2.45) is 12.8 Å². The normalized spacial score (nSPS) is 19.9. The average molecular weight is 379 g/mol. The summed E-state index contributed by atoms with van der Waals surface area (Å²) in [4.78, 5) is 35.9. The van der Waals surface area contributed by atoms with Crippen molar-refractivity contribution in [3.05, 3.63) is 38.8 Å². The summed E-state index contributed by atoms with van der Waals surface area (Å²) in [5.41, 5.74) is 11.0. The van der Waals surface area contributed by atoms with Crippen LogP contribution in [0.1, 0.15) is 24.2 Å². The van der Waals surface area contributed by atoms with Crippen LogP contribution in [0, 0.1) is 0 Å². The lowest BCUT2D eigenvalue weighted by Crippen LogP contribution is -2.44. The first kappa shape index (κ1) is 18.1. The van der Waals surface area contributed by atoms with Gasteiger partial charge in [0, 0.05) is 35.3 Å². The smallest absolute Gasteiger partial charge is 0.332 e. The molecule has 0 spiro atoms. The van der Waals surface area contributed by atoms with E-state index in [-0.39, 0.29) is 17.5 Å². The fourth-order valence-electron chi connectivity index (χ4n) is 2.90. The number of nitrogens with one attached hydrogen (secondary N) is 2. The van der Waals surface area contributed by atoms with Gasteiger partial charge in [0.15, 0.2) is 0 Å². The molecule has 1 aliphatic rings. The molecule has 1 fully saturated rings. The number of aromatic amines is 1. The molecule has 1 aliphatic heterocycles. The number of nitrogen functional groups attached to an aromatic ring is 1. The molecule has 2 aromatic heterocycles. The number of primary amides is 1. The third-order valence-electron chi connectivity index (χ3n) is 4.32. The summed E-state index contributed by atoms with van der Waals surface area (Å²) in [5, 5.41) is 10.7. The second kappa shape index (κ2) is 6.90. The maximum atomic E-state index is 12.6. The summed E-state index contributed by atoms with van der Waals surface area (Å²) < 4.78 is 1.91. The zero-order valence-electron chi connectivity index (χ0n) is 14.4. The number of hydrogen-bond donors (Lipinski definition) is 4. The van der Waals surface area contributed by atoms with Gasteiger partial charge in [-0.25, -0.2) is 9.36 Å². The Morgan fingerprint density at radius 2 is 2.23 bits per heavy atom. The Balaban J connectivity index is 1.77. The second-order valence-corrected chi connectivity index (χ2v) is 7.75. The number of aromatic nitrogens is 4. The van der Waals surface area contributed by atoms with Crippen LogP contribution in [0.15, 0.2) is 22.0 Å². The van der Waals surface area contributed by atoms with Crippen LogP contribution in [-0.2, 0) is 18.4 Å². The summed E-state index contributed by atoms with van der Waals surface area (Å²) in [6, 6.07) is -0.0565. The molecule has 11 heteroatoms. The molecule has 3 heterocycles. The minimum Gasteiger partial charge on any atom is -0.383 e. The largest absolute Gasteiger partial charge is 0.383 e. The van der Waals surface area contributed by atoms with E-state index in [4.69, 9.17) is 11.5 Å². The third kappa shape index (κ3) is 3.47. The zero-order chi connectivity index (χ0) is 19.0. The van der Waals surface area contributed by atoms with Crippen LogP contribution >= 0.6 is 11.8 Å². The highest BCUT2D eigenvalue weighted by Gasteiger charge is 2.40. The summed E-state index contributed by atoms with van der Waals surface area (Å²) >= 11 is 1.83. The number of nitrogens with two attached hydrogens (primary N) is 2. The monoisotopic (exact) mass is 379 g/mol. The number of carbonyl (C=O) groups excluding carboxylic acids is 1. The van der Waals surface area contributed by atoms with Crippen molar-refractivity contribution in [1.29, 1.82) is 0 Å². The summed E-state index contributed by atoms with van der Waals surface area (Å²) in [5.74, 6) is -0.743. The molecule has 0 aromatic carbocycles. The first-order chi connectivity index (χ1) is 12.3. The van der Waals surface area contributed by atoms with Gasteiger partial charge in [-0.1, -0.05) is 0 Å². The molecule has 3 atom stereocenters. The second-order valence-electron chi connectivity index (χ2n) is 6.37. The Hall–Kier alpha value is -2.69. The van der Waals surface area contributed by atoms with Crippen molar-refractivity contribution in [2.45, 2.75) is 36.4 Å². The lowest BCUT2D eigenvalue weighted by molar-refractivity contribution is -0.118. The van der Waals surface area contributed by atoms with Gasteiger partial charge >= 0.3 is 5.69 Å². The molecular formula is C15H21N7O3S. The molecule has 0 saturated carbocycles. The lowest BCUT2D eigenvalue weighted by Gasteiger charge is -2.18. The maximum absolute atomic E-state index is 12.6. The molecule has 1 saturated heterocycles. The van der Waals surface area contributed by atoms with E-state index in [0.717, 1.165) is 21.1 Å². The van der Waals surface area contributed by atoms with Gasteiger partial charge in [0.05, 0.1) is 6.20 Å². The molecule has 0 aliphatic carbocycles. The van der Waals surface area contributed by atoms with Crippen LogP contribution in [0.4, 0.5) is 11.5 Å². The van der Waals surface area contributed by atoms with E-state index in [1.807, 2.05) is 31.1 Å². The Morgan fingerprint density at radius 1 is 1.50 bits per heavy atom. The molecule has 2 aromatic rings. The zero-order valence-corrected chi connectivity index (χ0v) is 15.2. The van der Waals surface area contributed by atoms with E-state index in [1.54, 1.807) is 0 Å². The van der Waals surface area contributed by atoms with E-state index in [0.29, 0.717) is 10.5 Å². The fourth-order valence-corrected chi connectivity index (χ4v) is 4.14. The molecular weight excluding hydrogens is 358 g/mol. The third-order valence-corrected chi connectivity index (χ3v) is 5.71. The quantitative estimate of drug-likeness (QED) is 0.468. The number of amides is 1. The van der Waals surface area contributed by atoms with Crippen molar-refractivity contribution in [1.82, 2.24) is 19.3 Å². The number of H-pyrrole nitrogens is 1. The van der Waals surface area contributed by atoms with E-state index < -0.39 is 23.7 Å². The Morgan fingerprint density at radius 3 is 2.85 bits per heavy atom. The van der Waals surface area contributed by atoms with Gasteiger partial charge in [-0.2, -0.15) is 5.10 Å². The van der Waals surface area contributed by atoms with Crippen molar-refractivity contribution in [2.75, 3.05) is 11.1 Å². The lowest BCUT2D eigenvalue weighted by atomic mass is 10.1. The van der Waals surface area contributed by atoms with E-state index in [1.165, 1.54) is 7.05 Å². The molecule has 0 radical (unpaired) electrons. The highest BCUT2D eigenvalue weighted by atomic mass is 32.2. The van der Waals surface area contributed by atoms with E-state index in [9.17, 15) is 14.4 Å². The Labute approximate surface area is 152 Å². The van der Waals surface area contributed by atoms with Crippen LogP contribution in [0.2, 0.25) is 0 Å². The molecule has 6 N–H and O–H groups in total. The van der Waals surface area contributed by atoms with Crippen molar-refractivity contribution >= 4 is 29.2 Å². The van der Waals surface area contributed by atoms with Gasteiger partial charge in [-0.3, -0.25) is 19.3 Å². The Kier molecular flexibility index (Phi) is 4.81. The number of thioether (sulfide) groups is 1. The van der Waals surface area contributed by atoms with Crippen LogP contribution in [-0.4, -0.2) is 36.5 Å². The fraction of sp³-hybridized carbons (Fsp3) is 0.467. The molecule has 1 unspecified atom stereocenters. The van der Waals surface area contributed by atoms with Crippen molar-refractivity contribution in [3.8, 4) is 0 Å². The summed E-state index contributed by atoms with van der Waals surface area (Å²) in [6.07, 6.45) is 4.49. The molecule has 0 bridgehead atoms. The highest BCUT2D eigenvalue weighted by molar-refractivity contribution is 8.07. The number of carbonyl (C=O) groups is 1. The van der Waals surface area contributed by atoms with E-state index >= 15 is 0 Å². The minimum absolute atomic E-state index is 0.0300. The van der Waals surface area contributed by atoms with Gasteiger partial charge < -0.3 is 16.8 Å². The molecule has 10 nitrogen and oxygen atoms in total. The van der Waals surface area contributed by atoms with Crippen LogP contribution in [0.25, 0.3) is 0 Å². The minimum atomic E-state index is -0.773. The van der Waals surface area contributed by atoms with Crippen LogP contribution in [0.5, 0.6) is 0 Å². The summed E-state index contributed by atoms with van der Waals surface area (Å²) in [6.45, 7) is 1.45. The molecule has 140 valence electrons. The standard InChI is InChI=1S/C15H21N7O3S/c1-7(3-9-12(26-9)8-4-18-19-5-8)20-11-13(17)21(2)15(25)22(14(11)24)6-10(16)23/h4-5,7,9,12,20H,3,6,17H2,1-2H3,(H2,16,23)(H,18,19)/t7-,9?,12+/m0/s1. The first-order valence-electron chi connectivity index (χ1n) is 8.07. The van der Waals surface area contributed by atoms with Gasteiger partial charge in [0.25, 0.3) is 5.56 Å². The average Bonchev–Trinajstić information content (AvgIpc) is 3.12. The highest BCUT2D eigenvalue weighted by Crippen LogP contribution is 2.56. The molecule has 3 rings (SSSR count). The first-order valence-corrected chi connectivity index (χ1v) is 9.02. The number of anilines is 2.